The van der Waals surface area contributed by atoms with Crippen LogP contribution < -0.4 is 5.11 Å². The average molecular weight is 141 g/mol. The lowest BCUT2D eigenvalue weighted by Crippen LogP contribution is -2.26. The van der Waals surface area contributed by atoms with Gasteiger partial charge in [0.1, 0.15) is 0 Å². The molecule has 0 heterocycles. The zero-order valence-corrected chi connectivity index (χ0v) is 5.63. The Hall–Kier alpha value is -1.09. The van der Waals surface area contributed by atoms with Gasteiger partial charge in [0.05, 0.1) is 19.2 Å². The first-order chi connectivity index (χ1) is 4.68. The number of carboxylic acids is 1. The second-order valence-corrected chi connectivity index (χ2v) is 1.69. The molecule has 0 saturated carbocycles. The maximum absolute atomic E-state index is 9.98. The first-order valence-electron chi connectivity index (χ1n) is 2.76. The van der Waals surface area contributed by atoms with Crippen LogP contribution in [-0.4, -0.2) is 19.2 Å². The van der Waals surface area contributed by atoms with Crippen molar-refractivity contribution < 1.29 is 14.6 Å². The molecule has 0 amide bonds. The van der Waals surface area contributed by atoms with Crippen molar-refractivity contribution in [3.05, 3.63) is 24.8 Å². The minimum Gasteiger partial charge on any atom is -0.545 e. The third kappa shape index (κ3) is 3.86. The highest BCUT2D eigenvalue weighted by Crippen LogP contribution is 1.88. The second-order valence-electron chi connectivity index (χ2n) is 1.69. The predicted molar refractivity (Wildman–Crippen MR) is 35.2 cm³/mol. The van der Waals surface area contributed by atoms with Crippen molar-refractivity contribution >= 4 is 5.97 Å². The molecular weight excluding hydrogens is 132 g/mol. The Morgan fingerprint density at radius 2 is 2.30 bits per heavy atom. The van der Waals surface area contributed by atoms with Gasteiger partial charge in [-0.2, -0.15) is 0 Å². The molecule has 0 aromatic rings. The number of hydrogen-bond acceptors (Lipinski definition) is 3. The molecule has 0 radical (unpaired) electrons. The van der Waals surface area contributed by atoms with Crippen LogP contribution in [0.15, 0.2) is 24.8 Å². The molecule has 0 saturated heterocycles. The van der Waals surface area contributed by atoms with Gasteiger partial charge in [-0.25, -0.2) is 0 Å². The summed E-state index contributed by atoms with van der Waals surface area (Å²) in [6.07, 6.45) is 1.53. The van der Waals surface area contributed by atoms with E-state index in [1.54, 1.807) is 0 Å². The molecule has 0 aliphatic rings. The summed E-state index contributed by atoms with van der Waals surface area (Å²) >= 11 is 0. The number of carbonyl (C=O) groups is 1. The number of rotatable bonds is 5. The molecule has 0 aliphatic carbocycles. The van der Waals surface area contributed by atoms with Gasteiger partial charge in [0.25, 0.3) is 0 Å². The minimum absolute atomic E-state index is 0.00560. The van der Waals surface area contributed by atoms with E-state index in [0.29, 0.717) is 6.61 Å². The van der Waals surface area contributed by atoms with Gasteiger partial charge >= 0.3 is 0 Å². The third-order valence-corrected chi connectivity index (χ3v) is 0.801. The summed E-state index contributed by atoms with van der Waals surface area (Å²) in [5, 5.41) is 9.98. The van der Waals surface area contributed by atoms with Crippen molar-refractivity contribution in [3.8, 4) is 0 Å². The van der Waals surface area contributed by atoms with Crippen molar-refractivity contribution in [1.82, 2.24) is 0 Å². The van der Waals surface area contributed by atoms with Crippen molar-refractivity contribution in [3.63, 3.8) is 0 Å². The molecule has 0 aromatic carbocycles. The Morgan fingerprint density at radius 3 is 2.70 bits per heavy atom. The molecule has 0 atom stereocenters. The summed E-state index contributed by atoms with van der Waals surface area (Å²) in [7, 11) is 0. The van der Waals surface area contributed by atoms with Crippen molar-refractivity contribution in [2.75, 3.05) is 13.2 Å². The average Bonchev–Trinajstić information content (AvgIpc) is 1.88. The van der Waals surface area contributed by atoms with Gasteiger partial charge < -0.3 is 14.6 Å². The minimum atomic E-state index is -1.27. The van der Waals surface area contributed by atoms with Gasteiger partial charge in [-0.05, 0) is 5.57 Å². The maximum Gasteiger partial charge on any atom is 0.0732 e. The summed E-state index contributed by atoms with van der Waals surface area (Å²) in [6.45, 7) is 6.91. The van der Waals surface area contributed by atoms with Crippen LogP contribution in [0.2, 0.25) is 0 Å². The van der Waals surface area contributed by atoms with Crippen LogP contribution in [0.25, 0.3) is 0 Å². The molecule has 3 nitrogen and oxygen atoms in total. The van der Waals surface area contributed by atoms with Crippen LogP contribution in [0.4, 0.5) is 0 Å². The highest BCUT2D eigenvalue weighted by atomic mass is 16.5. The lowest BCUT2D eigenvalue weighted by Gasteiger charge is -2.04. The maximum atomic E-state index is 9.98. The quantitative estimate of drug-likeness (QED) is 0.294. The smallest absolute Gasteiger partial charge is 0.0732 e. The molecule has 0 unspecified atom stereocenters. The van der Waals surface area contributed by atoms with E-state index < -0.39 is 5.97 Å². The zero-order chi connectivity index (χ0) is 7.98. The third-order valence-electron chi connectivity index (χ3n) is 0.801. The molecule has 0 aliphatic heterocycles. The van der Waals surface area contributed by atoms with Gasteiger partial charge in [0.15, 0.2) is 0 Å². The van der Waals surface area contributed by atoms with Crippen LogP contribution >= 0.6 is 0 Å². The molecular formula is C7H9O3-. The summed E-state index contributed by atoms with van der Waals surface area (Å²) in [5.41, 5.74) is -0.0538. The molecule has 56 valence electrons. The summed E-state index contributed by atoms with van der Waals surface area (Å²) in [4.78, 5) is 9.98. The van der Waals surface area contributed by atoms with Crippen molar-refractivity contribution in [1.29, 1.82) is 0 Å². The fraction of sp³-hybridized carbons (Fsp3) is 0.286. The first-order valence-corrected chi connectivity index (χ1v) is 2.76. The summed E-state index contributed by atoms with van der Waals surface area (Å²) in [6, 6.07) is 0. The number of ether oxygens (including phenoxy) is 1. The number of aliphatic carboxylic acids is 1. The van der Waals surface area contributed by atoms with E-state index in [2.05, 4.69) is 13.2 Å². The van der Waals surface area contributed by atoms with Gasteiger partial charge in [-0.1, -0.05) is 12.7 Å². The number of carboxylic acid groups (broad SMARTS) is 1. The molecule has 0 rings (SSSR count). The van der Waals surface area contributed by atoms with Gasteiger partial charge in [-0.3, -0.25) is 0 Å². The Labute approximate surface area is 59.6 Å². The van der Waals surface area contributed by atoms with E-state index in [0.717, 1.165) is 0 Å². The van der Waals surface area contributed by atoms with E-state index in [-0.39, 0.29) is 12.2 Å². The molecule has 10 heavy (non-hydrogen) atoms. The molecule has 3 heteroatoms. The van der Waals surface area contributed by atoms with Crippen LogP contribution in [0.3, 0.4) is 0 Å². The Kier molecular flexibility index (Phi) is 4.24. The lowest BCUT2D eigenvalue weighted by atomic mass is 10.3. The fourth-order valence-corrected chi connectivity index (χ4v) is 0.324. The predicted octanol–water partition coefficient (Wildman–Crippen LogP) is -0.505. The lowest BCUT2D eigenvalue weighted by molar-refractivity contribution is -0.299. The normalized spacial score (nSPS) is 8.80. The van der Waals surface area contributed by atoms with Crippen LogP contribution in [0.5, 0.6) is 0 Å². The van der Waals surface area contributed by atoms with Crippen LogP contribution in [-0.2, 0) is 9.53 Å². The van der Waals surface area contributed by atoms with Gasteiger partial charge in [0, 0.05) is 0 Å². The van der Waals surface area contributed by atoms with Crippen LogP contribution in [0.1, 0.15) is 0 Å². The molecule has 0 bridgehead atoms. The van der Waals surface area contributed by atoms with E-state index in [4.69, 9.17) is 4.74 Å². The Morgan fingerprint density at radius 1 is 1.70 bits per heavy atom. The van der Waals surface area contributed by atoms with Crippen LogP contribution in [0, 0.1) is 0 Å². The SMILES string of the molecule is C=CCOCC(=C)C(=O)[O-]. The van der Waals surface area contributed by atoms with Gasteiger partial charge in [0.2, 0.25) is 0 Å². The summed E-state index contributed by atoms with van der Waals surface area (Å²) < 4.78 is 4.77. The molecule has 0 N–H and O–H groups in total. The molecule has 0 fully saturated rings. The fourth-order valence-electron chi connectivity index (χ4n) is 0.324. The van der Waals surface area contributed by atoms with Crippen molar-refractivity contribution in [2.24, 2.45) is 0 Å². The summed E-state index contributed by atoms with van der Waals surface area (Å²) in [5.74, 6) is -1.27. The van der Waals surface area contributed by atoms with Crippen molar-refractivity contribution in [2.45, 2.75) is 0 Å². The molecule has 0 spiro atoms. The number of carbonyl (C=O) groups excluding carboxylic acids is 1. The monoisotopic (exact) mass is 141 g/mol. The van der Waals surface area contributed by atoms with E-state index in [1.807, 2.05) is 0 Å². The largest absolute Gasteiger partial charge is 0.545 e. The Bertz CT molecular complexity index is 149. The van der Waals surface area contributed by atoms with Gasteiger partial charge in [-0.15, -0.1) is 6.58 Å². The zero-order valence-electron chi connectivity index (χ0n) is 5.63. The first kappa shape index (κ1) is 8.91. The highest BCUT2D eigenvalue weighted by Gasteiger charge is 1.92. The molecule has 0 aromatic heterocycles. The topological polar surface area (TPSA) is 49.4 Å². The van der Waals surface area contributed by atoms with E-state index >= 15 is 0 Å². The second kappa shape index (κ2) is 4.76. The Balaban J connectivity index is 3.40. The number of hydrogen-bond donors (Lipinski definition) is 0. The highest BCUT2D eigenvalue weighted by molar-refractivity contribution is 5.84. The standard InChI is InChI=1S/C7H10O3/c1-3-4-10-5-6(2)7(8)9/h3H,1-2,4-5H2,(H,8,9)/p-1. The van der Waals surface area contributed by atoms with E-state index in [1.165, 1.54) is 6.08 Å². The van der Waals surface area contributed by atoms with E-state index in [9.17, 15) is 9.90 Å².